The molecular weight excluding hydrogens is 290 g/mol. The lowest BCUT2D eigenvalue weighted by atomic mass is 10.0. The Kier molecular flexibility index (Phi) is 3.93. The van der Waals surface area contributed by atoms with Gasteiger partial charge in [-0.15, -0.1) is 0 Å². The van der Waals surface area contributed by atoms with Crippen LogP contribution >= 0.6 is 0 Å². The maximum Gasteiger partial charge on any atom is 0.416 e. The van der Waals surface area contributed by atoms with Gasteiger partial charge in [0.2, 0.25) is 5.95 Å². The van der Waals surface area contributed by atoms with Crippen LogP contribution in [0.15, 0.2) is 36.4 Å². The van der Waals surface area contributed by atoms with Crippen molar-refractivity contribution in [1.29, 1.82) is 0 Å². The van der Waals surface area contributed by atoms with Crippen molar-refractivity contribution in [2.75, 3.05) is 0 Å². The molecule has 0 atom stereocenters. The maximum atomic E-state index is 13.4. The maximum absolute atomic E-state index is 13.4. The first-order valence-corrected chi connectivity index (χ1v) is 5.81. The fourth-order valence-electron chi connectivity index (χ4n) is 1.83. The van der Waals surface area contributed by atoms with Gasteiger partial charge in [-0.3, -0.25) is 4.79 Å². The van der Waals surface area contributed by atoms with E-state index in [1.54, 1.807) is 0 Å². The van der Waals surface area contributed by atoms with Crippen LogP contribution in [0.3, 0.4) is 0 Å². The molecule has 0 aliphatic carbocycles. The molecule has 21 heavy (non-hydrogen) atoms. The van der Waals surface area contributed by atoms with E-state index < -0.39 is 30.1 Å². The summed E-state index contributed by atoms with van der Waals surface area (Å²) in [4.78, 5) is 14.1. The Morgan fingerprint density at radius 2 is 1.90 bits per heavy atom. The lowest BCUT2D eigenvalue weighted by molar-refractivity contribution is -0.138. The monoisotopic (exact) mass is 299 g/mol. The first kappa shape index (κ1) is 15.0. The highest BCUT2D eigenvalue weighted by Crippen LogP contribution is 2.31. The summed E-state index contributed by atoms with van der Waals surface area (Å²) in [7, 11) is 0. The number of hydrogen-bond acceptors (Lipinski definition) is 2. The van der Waals surface area contributed by atoms with Gasteiger partial charge in [-0.2, -0.15) is 17.6 Å². The molecule has 110 valence electrons. The second-order valence-electron chi connectivity index (χ2n) is 4.33. The van der Waals surface area contributed by atoms with Crippen molar-refractivity contribution in [1.82, 2.24) is 4.98 Å². The van der Waals surface area contributed by atoms with E-state index >= 15 is 0 Å². The van der Waals surface area contributed by atoms with Crippen LogP contribution in [0.2, 0.25) is 0 Å². The van der Waals surface area contributed by atoms with Crippen LogP contribution in [0.4, 0.5) is 17.6 Å². The summed E-state index contributed by atoms with van der Waals surface area (Å²) in [5.41, 5.74) is -0.735. The zero-order chi connectivity index (χ0) is 15.6. The van der Waals surface area contributed by atoms with E-state index in [1.165, 1.54) is 18.2 Å². The number of hydrogen-bond donors (Lipinski definition) is 1. The van der Waals surface area contributed by atoms with Crippen molar-refractivity contribution in [2.45, 2.75) is 12.6 Å². The summed E-state index contributed by atoms with van der Waals surface area (Å²) in [6.45, 7) is 0. The highest BCUT2D eigenvalue weighted by atomic mass is 19.4. The van der Waals surface area contributed by atoms with E-state index in [9.17, 15) is 22.4 Å². The Balaban J connectivity index is 2.46. The average Bonchev–Trinajstić information content (AvgIpc) is 2.36. The van der Waals surface area contributed by atoms with Crippen LogP contribution in [0.25, 0.3) is 11.3 Å². The molecule has 0 aliphatic heterocycles. The van der Waals surface area contributed by atoms with Gasteiger partial charge in [0, 0.05) is 5.56 Å². The van der Waals surface area contributed by atoms with Gasteiger partial charge < -0.3 is 5.11 Å². The van der Waals surface area contributed by atoms with Crippen LogP contribution in [0, 0.1) is 5.95 Å². The van der Waals surface area contributed by atoms with E-state index in [-0.39, 0.29) is 16.8 Å². The van der Waals surface area contributed by atoms with Gasteiger partial charge in [0.15, 0.2) is 0 Å². The summed E-state index contributed by atoms with van der Waals surface area (Å²) in [5.74, 6) is -2.11. The third-order valence-corrected chi connectivity index (χ3v) is 2.69. The Labute approximate surface area is 116 Å². The molecular formula is C14H9F4NO2. The van der Waals surface area contributed by atoms with Gasteiger partial charge >= 0.3 is 12.1 Å². The van der Waals surface area contributed by atoms with Gasteiger partial charge in [0.05, 0.1) is 17.7 Å². The number of aliphatic carboxylic acids is 1. The lowest BCUT2D eigenvalue weighted by Gasteiger charge is -2.09. The number of nitrogens with zero attached hydrogens (tertiary/aromatic N) is 1. The first-order chi connectivity index (χ1) is 9.75. The Hall–Kier alpha value is -2.44. The van der Waals surface area contributed by atoms with E-state index in [0.717, 1.165) is 18.2 Å². The molecule has 2 rings (SSSR count). The van der Waals surface area contributed by atoms with Crippen LogP contribution in [0.5, 0.6) is 0 Å². The van der Waals surface area contributed by atoms with E-state index in [2.05, 4.69) is 4.98 Å². The molecule has 1 aromatic carbocycles. The number of rotatable bonds is 3. The third kappa shape index (κ3) is 3.77. The molecule has 3 nitrogen and oxygen atoms in total. The first-order valence-electron chi connectivity index (χ1n) is 5.81. The molecule has 2 aromatic rings. The molecule has 0 saturated heterocycles. The third-order valence-electron chi connectivity index (χ3n) is 2.69. The topological polar surface area (TPSA) is 50.2 Å². The molecule has 1 N–H and O–H groups in total. The lowest BCUT2D eigenvalue weighted by Crippen LogP contribution is -2.05. The summed E-state index contributed by atoms with van der Waals surface area (Å²) >= 11 is 0. The average molecular weight is 299 g/mol. The molecule has 0 amide bonds. The summed E-state index contributed by atoms with van der Waals surface area (Å²) < 4.78 is 51.3. The van der Waals surface area contributed by atoms with E-state index in [4.69, 9.17) is 5.11 Å². The molecule has 0 spiro atoms. The standard InChI is InChI=1S/C14H9F4NO2/c15-12-5-8(6-13(20)21)4-11(19-12)9-2-1-3-10(7-9)14(16,17)18/h1-5,7H,6H2,(H,20,21). The number of carbonyl (C=O) groups is 1. The van der Waals surface area contributed by atoms with Gasteiger partial charge in [0.1, 0.15) is 0 Å². The van der Waals surface area contributed by atoms with Gasteiger partial charge in [-0.25, -0.2) is 4.98 Å². The van der Waals surface area contributed by atoms with Crippen LogP contribution in [-0.2, 0) is 17.4 Å². The van der Waals surface area contributed by atoms with E-state index in [1.807, 2.05) is 0 Å². The summed E-state index contributed by atoms with van der Waals surface area (Å²) in [6.07, 6.45) is -4.96. The van der Waals surface area contributed by atoms with Crippen molar-refractivity contribution in [3.8, 4) is 11.3 Å². The van der Waals surface area contributed by atoms with Crippen molar-refractivity contribution >= 4 is 5.97 Å². The molecule has 0 saturated carbocycles. The number of carboxylic acid groups (broad SMARTS) is 1. The number of halogens is 4. The quantitative estimate of drug-likeness (QED) is 0.696. The minimum Gasteiger partial charge on any atom is -0.481 e. The molecule has 1 aromatic heterocycles. The van der Waals surface area contributed by atoms with Gasteiger partial charge in [0.25, 0.3) is 0 Å². The molecule has 1 heterocycles. The largest absolute Gasteiger partial charge is 0.481 e. The second-order valence-corrected chi connectivity index (χ2v) is 4.33. The molecule has 0 aliphatic rings. The zero-order valence-corrected chi connectivity index (χ0v) is 10.5. The number of carboxylic acids is 1. The smallest absolute Gasteiger partial charge is 0.416 e. The SMILES string of the molecule is O=C(O)Cc1cc(F)nc(-c2cccc(C(F)(F)F)c2)c1. The number of alkyl halides is 3. The zero-order valence-electron chi connectivity index (χ0n) is 10.5. The van der Waals surface area contributed by atoms with Crippen LogP contribution in [0.1, 0.15) is 11.1 Å². The fraction of sp³-hybridized carbons (Fsp3) is 0.143. The van der Waals surface area contributed by atoms with Crippen molar-refractivity contribution in [3.05, 3.63) is 53.5 Å². The molecule has 0 bridgehead atoms. The van der Waals surface area contributed by atoms with Gasteiger partial charge in [-0.05, 0) is 29.8 Å². The summed E-state index contributed by atoms with van der Waals surface area (Å²) in [5, 5.41) is 8.68. The van der Waals surface area contributed by atoms with Crippen LogP contribution < -0.4 is 0 Å². The predicted octanol–water partition coefficient (Wildman–Crippen LogP) is 3.53. The molecule has 0 unspecified atom stereocenters. The molecule has 7 heteroatoms. The van der Waals surface area contributed by atoms with Gasteiger partial charge in [-0.1, -0.05) is 12.1 Å². The molecule has 0 fully saturated rings. The van der Waals surface area contributed by atoms with Crippen LogP contribution in [-0.4, -0.2) is 16.1 Å². The minimum atomic E-state index is -4.52. The number of pyridine rings is 1. The summed E-state index contributed by atoms with van der Waals surface area (Å²) in [6, 6.07) is 6.45. The van der Waals surface area contributed by atoms with Crippen molar-refractivity contribution in [3.63, 3.8) is 0 Å². The Morgan fingerprint density at radius 3 is 2.52 bits per heavy atom. The predicted molar refractivity (Wildman–Crippen MR) is 66.0 cm³/mol. The number of aromatic nitrogens is 1. The Morgan fingerprint density at radius 1 is 1.19 bits per heavy atom. The highest BCUT2D eigenvalue weighted by molar-refractivity contribution is 5.71. The van der Waals surface area contributed by atoms with E-state index in [0.29, 0.717) is 0 Å². The normalized spacial score (nSPS) is 11.4. The fourth-order valence-corrected chi connectivity index (χ4v) is 1.83. The van der Waals surface area contributed by atoms with Crippen molar-refractivity contribution in [2.24, 2.45) is 0 Å². The Bertz CT molecular complexity index is 683. The molecule has 0 radical (unpaired) electrons. The highest BCUT2D eigenvalue weighted by Gasteiger charge is 2.30. The minimum absolute atomic E-state index is 0.0441. The van der Waals surface area contributed by atoms with Crippen molar-refractivity contribution < 1.29 is 27.5 Å². The number of benzene rings is 1. The second kappa shape index (κ2) is 5.51.